The first-order valence-electron chi connectivity index (χ1n) is 43.8. The van der Waals surface area contributed by atoms with Crippen molar-refractivity contribution in [2.24, 2.45) is 0 Å². The number of nitrogens with zero attached hydrogens (tertiary/aromatic N) is 20. The van der Waals surface area contributed by atoms with Gasteiger partial charge in [0.05, 0.1) is 69.4 Å². The number of benzene rings is 12. The quantitative estimate of drug-likeness (QED) is 0.156. The summed E-state index contributed by atoms with van der Waals surface area (Å²) < 4.78 is 0. The van der Waals surface area contributed by atoms with E-state index in [1.54, 1.807) is 0 Å². The maximum atomic E-state index is 5.30. The minimum Gasteiger partial charge on any atom is -0.657 e. The first-order valence-corrected chi connectivity index (χ1v) is 43.8. The van der Waals surface area contributed by atoms with Crippen LogP contribution in [0.1, 0.15) is 69.7 Å². The van der Waals surface area contributed by atoms with Gasteiger partial charge in [-0.3, -0.25) is 9.97 Å². The molecule has 2 aliphatic carbocycles. The molecule has 6 aliphatic heterocycles. The van der Waals surface area contributed by atoms with Gasteiger partial charge in [0.1, 0.15) is 0 Å². The van der Waals surface area contributed by atoms with Gasteiger partial charge in [0, 0.05) is 91.1 Å². The van der Waals surface area contributed by atoms with Gasteiger partial charge in [0.25, 0.3) is 0 Å². The van der Waals surface area contributed by atoms with Crippen molar-refractivity contribution >= 4 is 179 Å². The van der Waals surface area contributed by atoms with Crippen LogP contribution in [0, 0.1) is 0 Å². The Morgan fingerprint density at radius 3 is 0.896 bits per heavy atom. The summed E-state index contributed by atoms with van der Waals surface area (Å²) in [5.74, 6) is 4.50. The van der Waals surface area contributed by atoms with Crippen molar-refractivity contribution in [2.75, 3.05) is 0 Å². The standard InChI is InChI=1S/C48H26N8.C32H18N8.C32H20N4.3Pt/c1-2-10-26-18-34-33(17-25(26)9-1)41-49-42(34)54-44-37-21-29-13-5-6-14-30(29)22-38(37)46(51-44)56-48-40-24-32-16-8-7-15-31(32)23-39(40)47(52-48)55-45-36-20-28-12-4-3-11-27(28)19-35(36)43(50-45)53-41;1-2-10-18-17(9-1)25-33-26(18)38-28-21-13-5-6-14-22(21)30(35-28)40-32-24-16-8-7-15-23(24)31(36-32)39-29-20-12-4-3-11-19(20)27(34-29)37-25;1-3-7-21(8-4-1)31-27-15-11-23(33-27)19-25-13-17-29(35-25)32(22-9-5-2-6-10-22)30-18-14-26(36-30)20-24-12-16-28(31)34-24;;;/h1-24,33-34H;1-18H;1-20H;;;/q3*-2;3*+2. The second kappa shape index (κ2) is 33.4. The predicted molar refractivity (Wildman–Crippen MR) is 523 cm³/mol. The summed E-state index contributed by atoms with van der Waals surface area (Å²) in [6.07, 6.45) is 21.0. The zero-order chi connectivity index (χ0) is 86.6. The summed E-state index contributed by atoms with van der Waals surface area (Å²) in [5.41, 5.74) is 19.3. The summed E-state index contributed by atoms with van der Waals surface area (Å²) in [6.45, 7) is 0. The Balaban J connectivity index is 0.000000113. The number of rotatable bonds is 2. The van der Waals surface area contributed by atoms with E-state index in [9.17, 15) is 0 Å². The third kappa shape index (κ3) is 14.4. The van der Waals surface area contributed by atoms with E-state index in [0.717, 1.165) is 175 Å². The fourth-order valence-corrected chi connectivity index (χ4v) is 19.3. The topological polar surface area (TPSA) is 265 Å². The Bertz CT molecular complexity index is 8930. The molecule has 0 saturated carbocycles. The molecule has 21 aromatic rings. The molecule has 4 unspecified atom stereocenters. The number of fused-ring (bicyclic) bond motifs is 52. The second-order valence-electron chi connectivity index (χ2n) is 33.6. The number of hydrogen-bond donors (Lipinski definition) is 0. The van der Waals surface area contributed by atoms with Crippen LogP contribution in [0.3, 0.4) is 0 Å². The van der Waals surface area contributed by atoms with E-state index < -0.39 is 0 Å². The Kier molecular flexibility index (Phi) is 20.3. The summed E-state index contributed by atoms with van der Waals surface area (Å²) >= 11 is 0. The van der Waals surface area contributed by atoms with Crippen LogP contribution in [0.2, 0.25) is 0 Å². The maximum absolute atomic E-state index is 5.30. The molecule has 20 nitrogen and oxygen atoms in total. The molecule has 4 atom stereocenters. The van der Waals surface area contributed by atoms with Gasteiger partial charge in [0.15, 0.2) is 0 Å². The molecule has 0 saturated heterocycles. The third-order valence-electron chi connectivity index (χ3n) is 25.6. The van der Waals surface area contributed by atoms with Crippen LogP contribution in [-0.4, -0.2) is 69.8 Å². The monoisotopic (exact) mass is 2270 g/mol. The van der Waals surface area contributed by atoms with E-state index in [0.29, 0.717) is 91.8 Å². The van der Waals surface area contributed by atoms with Crippen LogP contribution < -0.4 is 40.3 Å². The van der Waals surface area contributed by atoms with Gasteiger partial charge in [0.2, 0.25) is 0 Å². The Morgan fingerprint density at radius 1 is 0.215 bits per heavy atom. The minimum atomic E-state index is -0.144. The molecule has 24 bridgehead atoms. The van der Waals surface area contributed by atoms with Gasteiger partial charge >= 0.3 is 63.2 Å². The number of aromatic nitrogens is 20. The molecule has 0 fully saturated rings. The molecule has 12 aromatic carbocycles. The van der Waals surface area contributed by atoms with Crippen LogP contribution in [0.25, 0.3) is 247 Å². The summed E-state index contributed by atoms with van der Waals surface area (Å²) in [5, 5.41) is 16.1. The predicted octanol–water partition coefficient (Wildman–Crippen LogP) is 21.4. The zero-order valence-corrected chi connectivity index (χ0v) is 77.7. The summed E-state index contributed by atoms with van der Waals surface area (Å²) in [7, 11) is 0. The first kappa shape index (κ1) is 82.2. The molecule has 23 heteroatoms. The zero-order valence-electron chi connectivity index (χ0n) is 70.8. The molecule has 0 radical (unpaired) electrons. The van der Waals surface area contributed by atoms with Crippen LogP contribution in [0.5, 0.6) is 0 Å². The Morgan fingerprint density at radius 2 is 0.519 bits per heavy atom. The van der Waals surface area contributed by atoms with E-state index in [4.69, 9.17) is 99.7 Å². The Hall–Kier alpha value is -16.0. The van der Waals surface area contributed by atoms with Crippen LogP contribution in [0.15, 0.2) is 328 Å². The minimum absolute atomic E-state index is 0. The van der Waals surface area contributed by atoms with Crippen molar-refractivity contribution in [3.05, 3.63) is 384 Å². The van der Waals surface area contributed by atoms with Gasteiger partial charge in [-0.2, -0.15) is 0 Å². The molecule has 0 spiro atoms. The van der Waals surface area contributed by atoms with Crippen molar-refractivity contribution in [1.82, 2.24) is 99.7 Å². The molecule has 0 amide bonds. The number of allylic oxidation sites excluding steroid dienone is 4. The number of hydrogen-bond acceptors (Lipinski definition) is 14. The van der Waals surface area contributed by atoms with Crippen LogP contribution in [0.4, 0.5) is 0 Å². The molecular weight excluding hydrogens is 2210 g/mol. The summed E-state index contributed by atoms with van der Waals surface area (Å²) in [4.78, 5) is 101. The molecule has 0 N–H and O–H groups in total. The van der Waals surface area contributed by atoms with Gasteiger partial charge in [-0.1, -0.05) is 303 Å². The van der Waals surface area contributed by atoms with Gasteiger partial charge in [-0.05, 0) is 169 Å². The Labute approximate surface area is 810 Å². The summed E-state index contributed by atoms with van der Waals surface area (Å²) in [6, 6.07) is 103. The molecule has 642 valence electrons. The largest absolute Gasteiger partial charge is 2.00 e. The van der Waals surface area contributed by atoms with Crippen molar-refractivity contribution in [1.29, 1.82) is 0 Å². The smallest absolute Gasteiger partial charge is 0.657 e. The fraction of sp³-hybridized carbons (Fsp3) is 0.0357. The first-order chi connectivity index (χ1) is 65.3. The van der Waals surface area contributed by atoms with E-state index in [1.165, 1.54) is 0 Å². The van der Waals surface area contributed by atoms with Crippen molar-refractivity contribution in [3.63, 3.8) is 0 Å². The van der Waals surface area contributed by atoms with Gasteiger partial charge in [-0.25, -0.2) is 19.9 Å². The second-order valence-corrected chi connectivity index (χ2v) is 33.6. The van der Waals surface area contributed by atoms with Crippen LogP contribution in [-0.2, 0) is 63.2 Å². The average molecular weight is 2280 g/mol. The maximum Gasteiger partial charge on any atom is 2.00 e. The van der Waals surface area contributed by atoms with Gasteiger partial charge < -0.3 is 69.8 Å². The normalized spacial score (nSPS) is 14.9. The average Bonchev–Trinajstić information content (AvgIpc) is 1.58. The molecule has 15 heterocycles. The fourth-order valence-electron chi connectivity index (χ4n) is 19.3. The molecular formula is C112H64N20Pt3. The molecule has 29 rings (SSSR count). The molecule has 135 heavy (non-hydrogen) atoms. The van der Waals surface area contributed by atoms with Crippen molar-refractivity contribution < 1.29 is 63.2 Å². The molecule has 9 aromatic heterocycles. The van der Waals surface area contributed by atoms with Crippen molar-refractivity contribution in [2.45, 2.75) is 23.7 Å². The van der Waals surface area contributed by atoms with Crippen LogP contribution >= 0.6 is 0 Å². The van der Waals surface area contributed by atoms with Crippen molar-refractivity contribution in [3.8, 4) is 67.8 Å². The third-order valence-corrected chi connectivity index (χ3v) is 25.6. The van der Waals surface area contributed by atoms with E-state index >= 15 is 0 Å². The van der Waals surface area contributed by atoms with E-state index in [-0.39, 0.29) is 86.9 Å². The van der Waals surface area contributed by atoms with E-state index in [1.807, 2.05) is 170 Å². The van der Waals surface area contributed by atoms with E-state index in [2.05, 4.69) is 194 Å². The molecule has 8 aliphatic rings. The SMILES string of the molecule is C1=CC2c3nc(nc4[n-]c(nc5nc(nc6[n-]c(n3)c3ccccc63)-c3ccccc3-5)c3ccccc43)C2C=C1.C1=Cc2nc1cc1ccc([n-]1)c(-c1ccccc1)c1nc(cc3ccc([n-]3)c2-c2ccccc2)C=C1.C1=c2ccccc2=CC2c3nc(nc4[n-]c(nc5nc(nc6[n-]c(n3)c3cc7ccccc7cc63)-c3cc6ccccc6cc3-5)c3cc5ccccc5cc43)C12.[Pt+2].[Pt+2].[Pt+2]. The van der Waals surface area contributed by atoms with Gasteiger partial charge in [-0.15, -0.1) is 22.1 Å².